The molecule has 1 aliphatic rings. The highest BCUT2D eigenvalue weighted by atomic mass is 32.2. The van der Waals surface area contributed by atoms with Crippen LogP contribution in [-0.4, -0.2) is 88.5 Å². The molecule has 0 aromatic heterocycles. The lowest BCUT2D eigenvalue weighted by atomic mass is 9.99. The van der Waals surface area contributed by atoms with E-state index in [-0.39, 0.29) is 42.6 Å². The molecule has 12 heteroatoms. The van der Waals surface area contributed by atoms with E-state index in [1.165, 1.54) is 34.5 Å². The molecule has 30 heavy (non-hydrogen) atoms. The van der Waals surface area contributed by atoms with Crippen molar-refractivity contribution in [3.8, 4) is 5.75 Å². The second-order valence-corrected chi connectivity index (χ2v) is 11.6. The Kier molecular flexibility index (Phi) is 7.38. The third-order valence-electron chi connectivity index (χ3n) is 4.97. The zero-order valence-electron chi connectivity index (χ0n) is 17.7. The number of hydrogen-bond donors (Lipinski definition) is 2. The summed E-state index contributed by atoms with van der Waals surface area (Å²) < 4.78 is 56.4. The van der Waals surface area contributed by atoms with Gasteiger partial charge in [-0.25, -0.2) is 21.1 Å². The summed E-state index contributed by atoms with van der Waals surface area (Å²) in [5.74, 6) is -0.438. The Bertz CT molecular complexity index is 995. The van der Waals surface area contributed by atoms with E-state index in [9.17, 15) is 26.7 Å². The molecule has 0 aliphatic carbocycles. The van der Waals surface area contributed by atoms with Crippen molar-refractivity contribution in [2.24, 2.45) is 5.92 Å². The van der Waals surface area contributed by atoms with Crippen molar-refractivity contribution in [2.75, 3.05) is 44.0 Å². The van der Waals surface area contributed by atoms with E-state index in [0.717, 1.165) is 12.5 Å². The molecule has 1 aliphatic heterocycles. The van der Waals surface area contributed by atoms with Crippen LogP contribution in [0.3, 0.4) is 0 Å². The Morgan fingerprint density at radius 1 is 1.30 bits per heavy atom. The first kappa shape index (κ1) is 24.4. The molecule has 2 rings (SSSR count). The molecule has 1 aromatic carbocycles. The van der Waals surface area contributed by atoms with E-state index in [4.69, 9.17) is 4.74 Å². The summed E-state index contributed by atoms with van der Waals surface area (Å²) in [5.41, 5.74) is 0.325. The zero-order valence-corrected chi connectivity index (χ0v) is 19.3. The molecule has 1 amide bonds. The van der Waals surface area contributed by atoms with Crippen LogP contribution in [0.2, 0.25) is 0 Å². The summed E-state index contributed by atoms with van der Waals surface area (Å²) in [7, 11) is -5.55. The lowest BCUT2D eigenvalue weighted by Gasteiger charge is -2.38. The molecule has 10 nitrogen and oxygen atoms in total. The number of aliphatic hydroxyl groups is 1. The SMILES string of the molecule is C[C@@H]1CN([C@@H](C)CO)C(=O)c2cc(NS(C)(=O)=O)ccc2O[C@H]1CN(C)S(C)(=O)=O. The molecule has 0 fully saturated rings. The fraction of sp³-hybridized carbons (Fsp3) is 0.611. The van der Waals surface area contributed by atoms with Gasteiger partial charge in [-0.2, -0.15) is 0 Å². The zero-order chi connectivity index (χ0) is 22.9. The van der Waals surface area contributed by atoms with E-state index in [1.54, 1.807) is 6.92 Å². The van der Waals surface area contributed by atoms with Crippen LogP contribution in [0.5, 0.6) is 5.75 Å². The number of hydrogen-bond acceptors (Lipinski definition) is 7. The Morgan fingerprint density at radius 3 is 2.47 bits per heavy atom. The number of likely N-dealkylation sites (N-methyl/N-ethyl adjacent to an activating group) is 1. The number of fused-ring (bicyclic) bond motifs is 1. The van der Waals surface area contributed by atoms with Crippen molar-refractivity contribution in [1.29, 1.82) is 0 Å². The number of amides is 1. The van der Waals surface area contributed by atoms with Crippen LogP contribution in [0.4, 0.5) is 5.69 Å². The Labute approximate surface area is 177 Å². The maximum atomic E-state index is 13.2. The summed E-state index contributed by atoms with van der Waals surface area (Å²) >= 11 is 0. The molecule has 3 atom stereocenters. The molecule has 2 N–H and O–H groups in total. The highest BCUT2D eigenvalue weighted by Crippen LogP contribution is 2.31. The van der Waals surface area contributed by atoms with E-state index < -0.39 is 38.1 Å². The second kappa shape index (κ2) is 9.08. The number of sulfonamides is 2. The van der Waals surface area contributed by atoms with Crippen LogP contribution in [0.1, 0.15) is 24.2 Å². The summed E-state index contributed by atoms with van der Waals surface area (Å²) in [6, 6.07) is 3.83. The molecular formula is C18H29N3O7S2. The maximum absolute atomic E-state index is 13.2. The third-order valence-corrected chi connectivity index (χ3v) is 6.86. The molecule has 0 unspecified atom stereocenters. The van der Waals surface area contributed by atoms with Gasteiger partial charge in [-0.3, -0.25) is 9.52 Å². The molecule has 0 bridgehead atoms. The van der Waals surface area contributed by atoms with Crippen molar-refractivity contribution >= 4 is 31.6 Å². The number of rotatable bonds is 7. The van der Waals surface area contributed by atoms with Gasteiger partial charge in [0.15, 0.2) is 0 Å². The molecule has 0 saturated heterocycles. The molecular weight excluding hydrogens is 434 g/mol. The fourth-order valence-electron chi connectivity index (χ4n) is 3.11. The summed E-state index contributed by atoms with van der Waals surface area (Å²) in [4.78, 5) is 14.7. The predicted octanol–water partition coefficient (Wildman–Crippen LogP) is 0.170. The Balaban J connectivity index is 2.52. The van der Waals surface area contributed by atoms with Crippen molar-refractivity contribution in [3.05, 3.63) is 23.8 Å². The highest BCUT2D eigenvalue weighted by molar-refractivity contribution is 7.92. The molecule has 0 saturated carbocycles. The molecule has 0 spiro atoms. The first-order valence-corrected chi connectivity index (χ1v) is 13.1. The number of carbonyl (C=O) groups excluding carboxylic acids is 1. The normalized spacial score (nSPS) is 21.4. The number of ether oxygens (including phenoxy) is 1. The van der Waals surface area contributed by atoms with E-state index in [0.29, 0.717) is 0 Å². The topological polar surface area (TPSA) is 133 Å². The number of benzene rings is 1. The minimum Gasteiger partial charge on any atom is -0.488 e. The van der Waals surface area contributed by atoms with Gasteiger partial charge in [0, 0.05) is 25.2 Å². The van der Waals surface area contributed by atoms with Gasteiger partial charge in [0.1, 0.15) is 11.9 Å². The maximum Gasteiger partial charge on any atom is 0.258 e. The van der Waals surface area contributed by atoms with Crippen LogP contribution < -0.4 is 9.46 Å². The van der Waals surface area contributed by atoms with Gasteiger partial charge in [-0.05, 0) is 25.1 Å². The third kappa shape index (κ3) is 6.06. The number of carbonyl (C=O) groups is 1. The van der Waals surface area contributed by atoms with Gasteiger partial charge in [-0.15, -0.1) is 0 Å². The fourth-order valence-corrected chi connectivity index (χ4v) is 4.08. The van der Waals surface area contributed by atoms with Crippen LogP contribution in [0.15, 0.2) is 18.2 Å². The van der Waals surface area contributed by atoms with Crippen molar-refractivity contribution in [1.82, 2.24) is 9.21 Å². The van der Waals surface area contributed by atoms with Gasteiger partial charge in [-0.1, -0.05) is 6.92 Å². The monoisotopic (exact) mass is 463 g/mol. The van der Waals surface area contributed by atoms with Crippen LogP contribution >= 0.6 is 0 Å². The van der Waals surface area contributed by atoms with Gasteiger partial charge < -0.3 is 14.7 Å². The van der Waals surface area contributed by atoms with Crippen molar-refractivity contribution in [2.45, 2.75) is 26.0 Å². The second-order valence-electron chi connectivity index (χ2n) is 7.75. The van der Waals surface area contributed by atoms with Gasteiger partial charge in [0.2, 0.25) is 20.0 Å². The number of nitrogens with one attached hydrogen (secondary N) is 1. The van der Waals surface area contributed by atoms with E-state index >= 15 is 0 Å². The predicted molar refractivity (Wildman–Crippen MR) is 114 cm³/mol. The van der Waals surface area contributed by atoms with Crippen LogP contribution in [0.25, 0.3) is 0 Å². The standard InChI is InChI=1S/C18H29N3O7S2/c1-12-9-21(13(2)11-22)18(23)15-8-14(19-29(4,24)25)6-7-16(15)28-17(12)10-20(3)30(5,26)27/h6-8,12-13,17,19,22H,9-11H2,1-5H3/t12-,13+,17+/m1/s1. The minimum absolute atomic E-state index is 0.0678. The Morgan fingerprint density at radius 2 is 1.93 bits per heavy atom. The van der Waals surface area contributed by atoms with Gasteiger partial charge in [0.25, 0.3) is 5.91 Å². The van der Waals surface area contributed by atoms with Gasteiger partial charge in [0.05, 0.1) is 37.3 Å². The largest absolute Gasteiger partial charge is 0.488 e. The van der Waals surface area contributed by atoms with Gasteiger partial charge >= 0.3 is 0 Å². The number of anilines is 1. The molecule has 1 heterocycles. The average molecular weight is 464 g/mol. The highest BCUT2D eigenvalue weighted by Gasteiger charge is 2.34. The van der Waals surface area contributed by atoms with Crippen molar-refractivity contribution in [3.63, 3.8) is 0 Å². The van der Waals surface area contributed by atoms with E-state index in [2.05, 4.69) is 4.72 Å². The summed E-state index contributed by atoms with van der Waals surface area (Å²) in [6.07, 6.45) is 1.53. The Hall–Kier alpha value is -1.89. The number of nitrogens with zero attached hydrogens (tertiary/aromatic N) is 2. The first-order valence-electron chi connectivity index (χ1n) is 9.34. The van der Waals surface area contributed by atoms with Crippen LogP contribution in [0, 0.1) is 5.92 Å². The molecule has 0 radical (unpaired) electrons. The lowest BCUT2D eigenvalue weighted by Crippen LogP contribution is -2.50. The summed E-state index contributed by atoms with van der Waals surface area (Å²) in [6.45, 7) is 3.58. The average Bonchev–Trinajstić information content (AvgIpc) is 2.62. The smallest absolute Gasteiger partial charge is 0.258 e. The minimum atomic E-state index is -3.55. The quantitative estimate of drug-likeness (QED) is 0.589. The van der Waals surface area contributed by atoms with Crippen LogP contribution in [-0.2, 0) is 20.0 Å². The van der Waals surface area contributed by atoms with Crippen molar-refractivity contribution < 1.29 is 31.5 Å². The van der Waals surface area contributed by atoms with E-state index in [1.807, 2.05) is 6.92 Å². The summed E-state index contributed by atoms with van der Waals surface area (Å²) in [5, 5.41) is 9.62. The first-order chi connectivity index (χ1) is 13.7. The lowest BCUT2D eigenvalue weighted by molar-refractivity contribution is 0.0387. The number of aliphatic hydroxyl groups excluding tert-OH is 1. The molecule has 1 aromatic rings. The molecule has 170 valence electrons.